The summed E-state index contributed by atoms with van der Waals surface area (Å²) in [6.45, 7) is 0.865. The van der Waals surface area contributed by atoms with E-state index in [0.717, 1.165) is 5.69 Å². The average Bonchev–Trinajstić information content (AvgIpc) is 3.05. The van der Waals surface area contributed by atoms with Crippen LogP contribution < -0.4 is 22.5 Å². The predicted molar refractivity (Wildman–Crippen MR) is 94.9 cm³/mol. The SMILES string of the molecule is COCCNC(=O)c1ccn(-c2ccc(N=C(N)N=C(N)N)cc2)n1. The number of rotatable bonds is 6. The Morgan fingerprint density at radius 3 is 2.60 bits per heavy atom. The number of methoxy groups -OCH3 is 1. The fraction of sp³-hybridized carbons (Fsp3) is 0.200. The van der Waals surface area contributed by atoms with Crippen molar-refractivity contribution in [2.45, 2.75) is 0 Å². The van der Waals surface area contributed by atoms with Gasteiger partial charge in [-0.15, -0.1) is 0 Å². The molecule has 0 aliphatic rings. The highest BCUT2D eigenvalue weighted by Gasteiger charge is 2.09. The van der Waals surface area contributed by atoms with E-state index in [4.69, 9.17) is 21.9 Å². The normalized spacial score (nSPS) is 11.2. The molecule has 1 aromatic carbocycles. The summed E-state index contributed by atoms with van der Waals surface area (Å²) in [6.07, 6.45) is 1.69. The van der Waals surface area contributed by atoms with Crippen LogP contribution in [-0.2, 0) is 4.74 Å². The summed E-state index contributed by atoms with van der Waals surface area (Å²) in [4.78, 5) is 19.6. The molecular weight excluding hydrogens is 324 g/mol. The Kier molecular flexibility index (Phi) is 6.07. The van der Waals surface area contributed by atoms with Gasteiger partial charge in [-0.1, -0.05) is 0 Å². The maximum absolute atomic E-state index is 11.9. The number of carbonyl (C=O) groups is 1. The second kappa shape index (κ2) is 8.45. The molecule has 0 fully saturated rings. The first-order valence-corrected chi connectivity index (χ1v) is 7.36. The van der Waals surface area contributed by atoms with E-state index in [1.165, 1.54) is 0 Å². The molecule has 0 atom stereocenters. The minimum absolute atomic E-state index is 0.0399. The van der Waals surface area contributed by atoms with Gasteiger partial charge in [0.05, 0.1) is 18.0 Å². The predicted octanol–water partition coefficient (Wildman–Crippen LogP) is -0.532. The monoisotopic (exact) mass is 344 g/mol. The van der Waals surface area contributed by atoms with Crippen LogP contribution in [0.4, 0.5) is 5.69 Å². The third-order valence-electron chi connectivity index (χ3n) is 3.02. The van der Waals surface area contributed by atoms with Crippen LogP contribution in [0.1, 0.15) is 10.5 Å². The van der Waals surface area contributed by atoms with E-state index in [1.54, 1.807) is 48.3 Å². The molecule has 0 spiro atoms. The molecule has 0 aliphatic heterocycles. The zero-order valence-corrected chi connectivity index (χ0v) is 13.7. The van der Waals surface area contributed by atoms with E-state index >= 15 is 0 Å². The van der Waals surface area contributed by atoms with Crippen molar-refractivity contribution < 1.29 is 9.53 Å². The van der Waals surface area contributed by atoms with Gasteiger partial charge in [-0.3, -0.25) is 4.79 Å². The van der Waals surface area contributed by atoms with E-state index in [0.29, 0.717) is 24.5 Å². The molecule has 132 valence electrons. The summed E-state index contributed by atoms with van der Waals surface area (Å²) in [7, 11) is 1.57. The third-order valence-corrected chi connectivity index (χ3v) is 3.02. The van der Waals surface area contributed by atoms with Gasteiger partial charge in [-0.25, -0.2) is 9.67 Å². The van der Waals surface area contributed by atoms with Gasteiger partial charge < -0.3 is 27.3 Å². The number of nitrogens with zero attached hydrogens (tertiary/aromatic N) is 4. The molecule has 10 heteroatoms. The van der Waals surface area contributed by atoms with Gasteiger partial charge in [-0.2, -0.15) is 10.1 Å². The zero-order chi connectivity index (χ0) is 18.2. The number of carbonyl (C=O) groups excluding carboxylic acids is 1. The van der Waals surface area contributed by atoms with Crippen LogP contribution in [0, 0.1) is 0 Å². The van der Waals surface area contributed by atoms with Crippen molar-refractivity contribution in [3.05, 3.63) is 42.2 Å². The van der Waals surface area contributed by atoms with Crippen molar-refractivity contribution in [1.29, 1.82) is 0 Å². The Labute approximate surface area is 144 Å². The summed E-state index contributed by atoms with van der Waals surface area (Å²) in [5.74, 6) is -0.463. The minimum atomic E-state index is -0.262. The second-order valence-corrected chi connectivity index (χ2v) is 4.92. The number of amides is 1. The second-order valence-electron chi connectivity index (χ2n) is 4.92. The molecule has 25 heavy (non-hydrogen) atoms. The summed E-state index contributed by atoms with van der Waals surface area (Å²) in [5.41, 5.74) is 17.7. The molecule has 10 nitrogen and oxygen atoms in total. The zero-order valence-electron chi connectivity index (χ0n) is 13.7. The van der Waals surface area contributed by atoms with Gasteiger partial charge in [0.1, 0.15) is 0 Å². The highest BCUT2D eigenvalue weighted by Crippen LogP contribution is 2.16. The minimum Gasteiger partial charge on any atom is -0.383 e. The Morgan fingerprint density at radius 1 is 1.24 bits per heavy atom. The topological polar surface area (TPSA) is 159 Å². The van der Waals surface area contributed by atoms with E-state index < -0.39 is 0 Å². The van der Waals surface area contributed by atoms with Crippen molar-refractivity contribution in [1.82, 2.24) is 15.1 Å². The lowest BCUT2D eigenvalue weighted by Crippen LogP contribution is -2.27. The summed E-state index contributed by atoms with van der Waals surface area (Å²) >= 11 is 0. The van der Waals surface area contributed by atoms with Crippen molar-refractivity contribution in [3.63, 3.8) is 0 Å². The molecule has 0 unspecified atom stereocenters. The summed E-state index contributed by atoms with van der Waals surface area (Å²) in [6, 6.07) is 8.64. The van der Waals surface area contributed by atoms with Crippen LogP contribution in [0.25, 0.3) is 5.69 Å². The van der Waals surface area contributed by atoms with Crippen molar-refractivity contribution in [2.24, 2.45) is 27.2 Å². The Morgan fingerprint density at radius 2 is 1.96 bits per heavy atom. The molecule has 0 saturated heterocycles. The Bertz CT molecular complexity index is 775. The number of ether oxygens (including phenoxy) is 1. The van der Waals surface area contributed by atoms with Gasteiger partial charge in [0.15, 0.2) is 11.7 Å². The van der Waals surface area contributed by atoms with Crippen LogP contribution in [0.2, 0.25) is 0 Å². The number of nitrogens with one attached hydrogen (secondary N) is 1. The lowest BCUT2D eigenvalue weighted by Gasteiger charge is -2.03. The lowest BCUT2D eigenvalue weighted by molar-refractivity contribution is 0.0931. The quantitative estimate of drug-likeness (QED) is 0.313. The largest absolute Gasteiger partial charge is 0.383 e. The van der Waals surface area contributed by atoms with Crippen molar-refractivity contribution in [2.75, 3.05) is 20.3 Å². The summed E-state index contributed by atoms with van der Waals surface area (Å²) in [5, 5.41) is 6.94. The average molecular weight is 344 g/mol. The smallest absolute Gasteiger partial charge is 0.271 e. The molecule has 1 heterocycles. The molecule has 2 rings (SSSR count). The number of hydrogen-bond donors (Lipinski definition) is 4. The number of guanidine groups is 2. The van der Waals surface area contributed by atoms with Gasteiger partial charge in [0.2, 0.25) is 5.96 Å². The van der Waals surface area contributed by atoms with Crippen LogP contribution in [0.5, 0.6) is 0 Å². The molecule has 0 radical (unpaired) electrons. The number of hydrogen-bond acceptors (Lipinski definition) is 4. The molecule has 0 bridgehead atoms. The first kappa shape index (κ1) is 17.9. The molecule has 1 aromatic heterocycles. The van der Waals surface area contributed by atoms with Gasteiger partial charge in [-0.05, 0) is 30.3 Å². The molecule has 0 aliphatic carbocycles. The van der Waals surface area contributed by atoms with Crippen LogP contribution in [0.3, 0.4) is 0 Å². The van der Waals surface area contributed by atoms with Crippen LogP contribution in [-0.4, -0.2) is 47.9 Å². The Balaban J connectivity index is 2.08. The van der Waals surface area contributed by atoms with Gasteiger partial charge >= 0.3 is 0 Å². The van der Waals surface area contributed by atoms with Crippen molar-refractivity contribution >= 4 is 23.5 Å². The fourth-order valence-electron chi connectivity index (χ4n) is 1.92. The maximum atomic E-state index is 11.9. The first-order chi connectivity index (χ1) is 12.0. The summed E-state index contributed by atoms with van der Waals surface area (Å²) < 4.78 is 6.46. The number of benzene rings is 1. The van der Waals surface area contributed by atoms with Crippen LogP contribution in [0.15, 0.2) is 46.5 Å². The highest BCUT2D eigenvalue weighted by atomic mass is 16.5. The highest BCUT2D eigenvalue weighted by molar-refractivity contribution is 5.93. The van der Waals surface area contributed by atoms with E-state index in [9.17, 15) is 4.79 Å². The van der Waals surface area contributed by atoms with E-state index in [1.807, 2.05) is 0 Å². The number of nitrogens with two attached hydrogens (primary N) is 3. The molecule has 1 amide bonds. The van der Waals surface area contributed by atoms with Crippen molar-refractivity contribution in [3.8, 4) is 5.69 Å². The van der Waals surface area contributed by atoms with E-state index in [-0.39, 0.29) is 17.8 Å². The number of aromatic nitrogens is 2. The molecule has 2 aromatic rings. The van der Waals surface area contributed by atoms with Gasteiger partial charge in [0, 0.05) is 19.9 Å². The van der Waals surface area contributed by atoms with Crippen LogP contribution >= 0.6 is 0 Å². The molecule has 0 saturated carbocycles. The molecular formula is C15H20N8O2. The third kappa shape index (κ3) is 5.32. The number of aliphatic imine (C=N–C) groups is 2. The first-order valence-electron chi connectivity index (χ1n) is 7.36. The van der Waals surface area contributed by atoms with E-state index in [2.05, 4.69) is 20.4 Å². The fourth-order valence-corrected chi connectivity index (χ4v) is 1.92. The maximum Gasteiger partial charge on any atom is 0.271 e. The standard InChI is InChI=1S/C15H20N8O2/c1-25-9-7-19-13(24)12-6-8-23(22-12)11-4-2-10(3-5-11)20-15(18)21-14(16)17/h2-6,8H,7,9H2,1H3,(H,19,24)(H6,16,17,18,20,21). The Hall–Kier alpha value is -3.40. The van der Waals surface area contributed by atoms with Gasteiger partial charge in [0.25, 0.3) is 5.91 Å². The molecule has 7 N–H and O–H groups in total. The lowest BCUT2D eigenvalue weighted by atomic mass is 10.3.